The molecule has 0 saturated carbocycles. The molecular formula is C11H14ClF3O3S. The Kier molecular flexibility index (Phi) is 6.82. The van der Waals surface area contributed by atoms with Gasteiger partial charge >= 0.3 is 15.6 Å². The van der Waals surface area contributed by atoms with Crippen molar-refractivity contribution in [1.29, 1.82) is 0 Å². The number of benzene rings is 1. The molecule has 0 spiro atoms. The van der Waals surface area contributed by atoms with E-state index >= 15 is 0 Å². The average molecular weight is 319 g/mol. The van der Waals surface area contributed by atoms with Crippen LogP contribution < -0.4 is 0 Å². The molecule has 0 atom stereocenters. The van der Waals surface area contributed by atoms with E-state index in [-0.39, 0.29) is 5.56 Å². The Morgan fingerprint density at radius 3 is 2.16 bits per heavy atom. The third kappa shape index (κ3) is 5.80. The van der Waals surface area contributed by atoms with E-state index in [1.165, 1.54) is 12.1 Å². The molecule has 0 unspecified atom stereocenters. The van der Waals surface area contributed by atoms with E-state index in [0.717, 1.165) is 0 Å². The summed E-state index contributed by atoms with van der Waals surface area (Å²) in [5.74, 6) is 0. The first-order chi connectivity index (χ1) is 8.62. The van der Waals surface area contributed by atoms with Crippen molar-refractivity contribution in [2.75, 3.05) is 0 Å². The van der Waals surface area contributed by atoms with Gasteiger partial charge in [-0.15, -0.1) is 0 Å². The van der Waals surface area contributed by atoms with Gasteiger partial charge in [-0.3, -0.25) is 4.18 Å². The Hall–Kier alpha value is -0.790. The van der Waals surface area contributed by atoms with Crippen LogP contribution >= 0.6 is 11.6 Å². The molecular weight excluding hydrogens is 305 g/mol. The van der Waals surface area contributed by atoms with E-state index in [9.17, 15) is 21.6 Å². The summed E-state index contributed by atoms with van der Waals surface area (Å²) in [6.45, 7) is 4.97. The van der Waals surface area contributed by atoms with Crippen LogP contribution in [0.25, 0.3) is 0 Å². The second-order valence-electron chi connectivity index (χ2n) is 3.30. The van der Waals surface area contributed by atoms with Crippen molar-refractivity contribution in [3.05, 3.63) is 34.3 Å². The molecule has 0 N–H and O–H groups in total. The highest BCUT2D eigenvalue weighted by Crippen LogP contribution is 2.26. The summed E-state index contributed by atoms with van der Waals surface area (Å²) < 4.78 is 61.0. The highest BCUT2D eigenvalue weighted by Gasteiger charge is 2.47. The molecule has 0 heterocycles. The Morgan fingerprint density at radius 1 is 1.21 bits per heavy atom. The number of aryl methyl sites for hydroxylation is 1. The first-order valence-electron chi connectivity index (χ1n) is 5.33. The molecule has 0 aliphatic carbocycles. The second-order valence-corrected chi connectivity index (χ2v) is 5.34. The molecule has 3 nitrogen and oxygen atoms in total. The molecule has 110 valence electrons. The molecule has 1 rings (SSSR count). The summed E-state index contributed by atoms with van der Waals surface area (Å²) >= 11 is 5.66. The van der Waals surface area contributed by atoms with Crippen molar-refractivity contribution in [3.8, 4) is 0 Å². The SMILES string of the molecule is CC.Cc1cc(Cl)cc(COS(=O)(=O)C(F)(F)F)c1. The Balaban J connectivity index is 0.00000154. The van der Waals surface area contributed by atoms with Gasteiger partial charge in [-0.2, -0.15) is 21.6 Å². The largest absolute Gasteiger partial charge is 0.523 e. The Morgan fingerprint density at radius 2 is 1.74 bits per heavy atom. The van der Waals surface area contributed by atoms with Crippen LogP contribution in [0.4, 0.5) is 13.2 Å². The summed E-state index contributed by atoms with van der Waals surface area (Å²) in [4.78, 5) is 0. The molecule has 0 bridgehead atoms. The van der Waals surface area contributed by atoms with Gasteiger partial charge in [0.25, 0.3) is 0 Å². The van der Waals surface area contributed by atoms with E-state index in [1.807, 2.05) is 13.8 Å². The van der Waals surface area contributed by atoms with Crippen molar-refractivity contribution in [1.82, 2.24) is 0 Å². The molecule has 0 saturated heterocycles. The summed E-state index contributed by atoms with van der Waals surface area (Å²) in [7, 11) is -5.56. The monoisotopic (exact) mass is 318 g/mol. The lowest BCUT2D eigenvalue weighted by Crippen LogP contribution is -2.25. The molecule has 1 aromatic carbocycles. The van der Waals surface area contributed by atoms with Gasteiger partial charge in [-0.1, -0.05) is 31.5 Å². The van der Waals surface area contributed by atoms with Crippen LogP contribution in [0.1, 0.15) is 25.0 Å². The van der Waals surface area contributed by atoms with Crippen LogP contribution in [0.3, 0.4) is 0 Å². The van der Waals surface area contributed by atoms with Crippen molar-refractivity contribution in [2.45, 2.75) is 32.9 Å². The highest BCUT2D eigenvalue weighted by molar-refractivity contribution is 7.87. The molecule has 0 radical (unpaired) electrons. The van der Waals surface area contributed by atoms with Crippen LogP contribution in [0.2, 0.25) is 5.02 Å². The van der Waals surface area contributed by atoms with Gasteiger partial charge in [-0.05, 0) is 30.2 Å². The zero-order valence-electron chi connectivity index (χ0n) is 10.6. The van der Waals surface area contributed by atoms with E-state index in [4.69, 9.17) is 11.6 Å². The van der Waals surface area contributed by atoms with E-state index < -0.39 is 22.2 Å². The fourth-order valence-corrected chi connectivity index (χ4v) is 1.84. The molecule has 0 aliphatic rings. The standard InChI is InChI=1S/C9H8ClF3O3S.C2H6/c1-6-2-7(4-8(10)3-6)5-16-17(14,15)9(11,12)13;1-2/h2-4H,5H2,1H3;1-2H3. The maximum atomic E-state index is 12.0. The van der Waals surface area contributed by atoms with Crippen molar-refractivity contribution in [2.24, 2.45) is 0 Å². The predicted octanol–water partition coefficient (Wildman–Crippen LogP) is 4.04. The first kappa shape index (κ1) is 18.2. The molecule has 0 fully saturated rings. The molecule has 1 aromatic rings. The quantitative estimate of drug-likeness (QED) is 0.624. The predicted molar refractivity (Wildman–Crippen MR) is 67.3 cm³/mol. The summed E-state index contributed by atoms with van der Waals surface area (Å²) in [5, 5.41) is 0.299. The lowest BCUT2D eigenvalue weighted by Gasteiger charge is -2.08. The fraction of sp³-hybridized carbons (Fsp3) is 0.455. The van der Waals surface area contributed by atoms with Gasteiger partial charge in [-0.25, -0.2) is 0 Å². The maximum absolute atomic E-state index is 12.0. The third-order valence-electron chi connectivity index (χ3n) is 1.77. The molecule has 8 heteroatoms. The maximum Gasteiger partial charge on any atom is 0.523 e. The minimum absolute atomic E-state index is 0.253. The smallest absolute Gasteiger partial charge is 0.258 e. The number of hydrogen-bond acceptors (Lipinski definition) is 3. The zero-order chi connectivity index (χ0) is 15.3. The topological polar surface area (TPSA) is 43.4 Å². The molecule has 0 amide bonds. The van der Waals surface area contributed by atoms with E-state index in [2.05, 4.69) is 4.18 Å². The van der Waals surface area contributed by atoms with Crippen LogP contribution in [-0.4, -0.2) is 13.9 Å². The van der Waals surface area contributed by atoms with Crippen molar-refractivity contribution >= 4 is 21.7 Å². The van der Waals surface area contributed by atoms with Gasteiger partial charge in [0.1, 0.15) is 0 Å². The summed E-state index contributed by atoms with van der Waals surface area (Å²) in [6, 6.07) is 4.40. The summed E-state index contributed by atoms with van der Waals surface area (Å²) in [6.07, 6.45) is 0. The Bertz CT molecular complexity index is 492. The lowest BCUT2D eigenvalue weighted by molar-refractivity contribution is -0.0547. The van der Waals surface area contributed by atoms with Crippen molar-refractivity contribution < 1.29 is 25.8 Å². The number of rotatable bonds is 3. The average Bonchev–Trinajstić information content (AvgIpc) is 2.26. The normalized spacial score (nSPS) is 11.7. The molecule has 0 aliphatic heterocycles. The lowest BCUT2D eigenvalue weighted by atomic mass is 10.1. The van der Waals surface area contributed by atoms with E-state index in [0.29, 0.717) is 10.6 Å². The van der Waals surface area contributed by atoms with Gasteiger partial charge in [0.15, 0.2) is 0 Å². The van der Waals surface area contributed by atoms with Gasteiger partial charge in [0.05, 0.1) is 6.61 Å². The van der Waals surface area contributed by atoms with Gasteiger partial charge < -0.3 is 0 Å². The van der Waals surface area contributed by atoms with Crippen LogP contribution in [0, 0.1) is 6.92 Å². The van der Waals surface area contributed by atoms with Crippen LogP contribution in [0.5, 0.6) is 0 Å². The number of halogens is 4. The van der Waals surface area contributed by atoms with Crippen LogP contribution in [-0.2, 0) is 20.9 Å². The van der Waals surface area contributed by atoms with E-state index in [1.54, 1.807) is 13.0 Å². The van der Waals surface area contributed by atoms with Gasteiger partial charge in [0, 0.05) is 5.02 Å². The fourth-order valence-electron chi connectivity index (χ4n) is 1.11. The minimum Gasteiger partial charge on any atom is -0.258 e. The van der Waals surface area contributed by atoms with Crippen molar-refractivity contribution in [3.63, 3.8) is 0 Å². The zero-order valence-corrected chi connectivity index (χ0v) is 12.2. The number of hydrogen-bond donors (Lipinski definition) is 0. The van der Waals surface area contributed by atoms with Crippen LogP contribution in [0.15, 0.2) is 18.2 Å². The second kappa shape index (κ2) is 7.12. The summed E-state index contributed by atoms with van der Waals surface area (Å²) in [5.41, 5.74) is -4.47. The minimum atomic E-state index is -5.56. The third-order valence-corrected chi connectivity index (χ3v) is 2.98. The Labute approximate surface area is 115 Å². The van der Waals surface area contributed by atoms with Gasteiger partial charge in [0.2, 0.25) is 0 Å². The molecule has 19 heavy (non-hydrogen) atoms. The first-order valence-corrected chi connectivity index (χ1v) is 7.12. The molecule has 0 aromatic heterocycles. The highest BCUT2D eigenvalue weighted by atomic mass is 35.5. The number of alkyl halides is 3.